The van der Waals surface area contributed by atoms with Crippen LogP contribution in [0.1, 0.15) is 24.8 Å². The van der Waals surface area contributed by atoms with Gasteiger partial charge in [-0.2, -0.15) is 0 Å². The number of aryl methyl sites for hydroxylation is 1. The molecular formula is C18H20N4O3S2. The van der Waals surface area contributed by atoms with E-state index in [9.17, 15) is 13.2 Å². The summed E-state index contributed by atoms with van der Waals surface area (Å²) in [6.45, 7) is 2.04. The Balaban J connectivity index is 1.55. The van der Waals surface area contributed by atoms with Gasteiger partial charge in [-0.1, -0.05) is 48.6 Å². The maximum atomic E-state index is 12.4. The zero-order chi connectivity index (χ0) is 19.3. The normalized spacial score (nSPS) is 11.6. The standard InChI is InChI=1S/C18H20N4O3S2/c1-2-5-17-21-22-18(26-17)20-16(23)10-11-19-27(24,25)15-9-8-13-6-3-4-7-14(13)12-15/h3-4,6-9,12,19H,2,5,10-11H2,1H3,(H,20,22,23). The first-order valence-electron chi connectivity index (χ1n) is 8.58. The van der Waals surface area contributed by atoms with Crippen LogP contribution in [0.4, 0.5) is 5.13 Å². The van der Waals surface area contributed by atoms with Crippen LogP contribution in [0, 0.1) is 0 Å². The number of carbonyl (C=O) groups is 1. The fourth-order valence-corrected chi connectivity index (χ4v) is 4.44. The third-order valence-corrected chi connectivity index (χ3v) is 6.21. The topological polar surface area (TPSA) is 101 Å². The lowest BCUT2D eigenvalue weighted by Crippen LogP contribution is -2.27. The highest BCUT2D eigenvalue weighted by Crippen LogP contribution is 2.19. The Labute approximate surface area is 161 Å². The lowest BCUT2D eigenvalue weighted by atomic mass is 10.1. The predicted octanol–water partition coefficient (Wildman–Crippen LogP) is 2.95. The number of hydrogen-bond donors (Lipinski definition) is 2. The van der Waals surface area contributed by atoms with Crippen molar-refractivity contribution < 1.29 is 13.2 Å². The van der Waals surface area contributed by atoms with E-state index in [4.69, 9.17) is 0 Å². The lowest BCUT2D eigenvalue weighted by Gasteiger charge is -2.07. The number of rotatable bonds is 8. The van der Waals surface area contributed by atoms with Crippen LogP contribution in [0.2, 0.25) is 0 Å². The smallest absolute Gasteiger partial charge is 0.240 e. The van der Waals surface area contributed by atoms with Crippen molar-refractivity contribution in [2.45, 2.75) is 31.1 Å². The molecular weight excluding hydrogens is 384 g/mol. The molecule has 0 bridgehead atoms. The second kappa shape index (κ2) is 8.55. The van der Waals surface area contributed by atoms with Gasteiger partial charge in [0, 0.05) is 19.4 Å². The van der Waals surface area contributed by atoms with E-state index >= 15 is 0 Å². The largest absolute Gasteiger partial charge is 0.300 e. The van der Waals surface area contributed by atoms with Crippen molar-refractivity contribution in [2.24, 2.45) is 0 Å². The highest BCUT2D eigenvalue weighted by Gasteiger charge is 2.15. The number of anilines is 1. The molecule has 0 fully saturated rings. The summed E-state index contributed by atoms with van der Waals surface area (Å²) in [5.74, 6) is -0.310. The maximum absolute atomic E-state index is 12.4. The first kappa shape index (κ1) is 19.4. The van der Waals surface area contributed by atoms with Gasteiger partial charge in [-0.25, -0.2) is 13.1 Å². The molecule has 0 saturated heterocycles. The van der Waals surface area contributed by atoms with Gasteiger partial charge in [0.05, 0.1) is 4.90 Å². The number of hydrogen-bond acceptors (Lipinski definition) is 6. The second-order valence-corrected chi connectivity index (χ2v) is 8.78. The number of carbonyl (C=O) groups excluding carboxylic acids is 1. The van der Waals surface area contributed by atoms with Crippen LogP contribution < -0.4 is 10.0 Å². The van der Waals surface area contributed by atoms with Crippen LogP contribution >= 0.6 is 11.3 Å². The Hall–Kier alpha value is -2.36. The quantitative estimate of drug-likeness (QED) is 0.601. The summed E-state index contributed by atoms with van der Waals surface area (Å²) in [6.07, 6.45) is 1.79. The number of nitrogens with zero attached hydrogens (tertiary/aromatic N) is 2. The molecule has 142 valence electrons. The summed E-state index contributed by atoms with van der Waals surface area (Å²) in [7, 11) is -3.68. The van der Waals surface area contributed by atoms with Crippen LogP contribution in [-0.4, -0.2) is 31.1 Å². The third-order valence-electron chi connectivity index (χ3n) is 3.85. The maximum Gasteiger partial charge on any atom is 0.240 e. The molecule has 1 amide bonds. The van der Waals surface area contributed by atoms with Crippen LogP contribution in [0.15, 0.2) is 47.4 Å². The molecule has 1 heterocycles. The first-order valence-corrected chi connectivity index (χ1v) is 10.9. The van der Waals surface area contributed by atoms with Gasteiger partial charge in [0.1, 0.15) is 5.01 Å². The Morgan fingerprint density at radius 2 is 1.89 bits per heavy atom. The zero-order valence-corrected chi connectivity index (χ0v) is 16.4. The monoisotopic (exact) mass is 404 g/mol. The van der Waals surface area contributed by atoms with E-state index < -0.39 is 10.0 Å². The number of aromatic nitrogens is 2. The molecule has 3 aromatic rings. The SMILES string of the molecule is CCCc1nnc(NC(=O)CCNS(=O)(=O)c2ccc3ccccc3c2)s1. The fourth-order valence-electron chi connectivity index (χ4n) is 2.52. The molecule has 0 saturated carbocycles. The lowest BCUT2D eigenvalue weighted by molar-refractivity contribution is -0.116. The summed E-state index contributed by atoms with van der Waals surface area (Å²) in [4.78, 5) is 12.1. The van der Waals surface area contributed by atoms with E-state index in [1.807, 2.05) is 31.2 Å². The number of benzene rings is 2. The highest BCUT2D eigenvalue weighted by molar-refractivity contribution is 7.89. The Bertz CT molecular complexity index is 1050. The van der Waals surface area contributed by atoms with Crippen molar-refractivity contribution in [1.82, 2.24) is 14.9 Å². The molecule has 7 nitrogen and oxygen atoms in total. The van der Waals surface area contributed by atoms with Crippen molar-refractivity contribution in [1.29, 1.82) is 0 Å². The van der Waals surface area contributed by atoms with E-state index in [1.165, 1.54) is 11.3 Å². The summed E-state index contributed by atoms with van der Waals surface area (Å²) in [5.41, 5.74) is 0. The van der Waals surface area contributed by atoms with E-state index in [1.54, 1.807) is 18.2 Å². The Kier molecular flexibility index (Phi) is 6.15. The molecule has 2 N–H and O–H groups in total. The number of sulfonamides is 1. The molecule has 0 aliphatic heterocycles. The molecule has 0 aliphatic carbocycles. The van der Waals surface area contributed by atoms with Crippen molar-refractivity contribution in [2.75, 3.05) is 11.9 Å². The minimum Gasteiger partial charge on any atom is -0.300 e. The summed E-state index contributed by atoms with van der Waals surface area (Å²) < 4.78 is 27.3. The second-order valence-electron chi connectivity index (χ2n) is 5.96. The van der Waals surface area contributed by atoms with Gasteiger partial charge in [0.2, 0.25) is 21.1 Å². The van der Waals surface area contributed by atoms with E-state index in [0.717, 1.165) is 28.6 Å². The molecule has 27 heavy (non-hydrogen) atoms. The summed E-state index contributed by atoms with van der Waals surface area (Å²) in [6, 6.07) is 12.5. The number of amides is 1. The van der Waals surface area contributed by atoms with E-state index in [2.05, 4.69) is 20.2 Å². The van der Waals surface area contributed by atoms with Crippen molar-refractivity contribution >= 4 is 43.2 Å². The molecule has 0 radical (unpaired) electrons. The Morgan fingerprint density at radius 1 is 1.11 bits per heavy atom. The first-order chi connectivity index (χ1) is 13.0. The number of fused-ring (bicyclic) bond motifs is 1. The van der Waals surface area contributed by atoms with Crippen LogP contribution in [0.5, 0.6) is 0 Å². The minimum atomic E-state index is -3.68. The number of nitrogens with one attached hydrogen (secondary N) is 2. The van der Waals surface area contributed by atoms with Crippen molar-refractivity contribution in [3.05, 3.63) is 47.5 Å². The van der Waals surface area contributed by atoms with Gasteiger partial charge in [-0.3, -0.25) is 4.79 Å². The molecule has 0 atom stereocenters. The molecule has 0 unspecified atom stereocenters. The molecule has 1 aromatic heterocycles. The average Bonchev–Trinajstić information content (AvgIpc) is 3.08. The molecule has 0 aliphatic rings. The van der Waals surface area contributed by atoms with Gasteiger partial charge < -0.3 is 5.32 Å². The molecule has 0 spiro atoms. The zero-order valence-electron chi connectivity index (χ0n) is 14.8. The van der Waals surface area contributed by atoms with Gasteiger partial charge in [0.25, 0.3) is 0 Å². The summed E-state index contributed by atoms with van der Waals surface area (Å²) in [5, 5.41) is 13.6. The van der Waals surface area contributed by atoms with Crippen LogP contribution in [0.25, 0.3) is 10.8 Å². The van der Waals surface area contributed by atoms with E-state index in [0.29, 0.717) is 5.13 Å². The van der Waals surface area contributed by atoms with Crippen LogP contribution in [-0.2, 0) is 21.2 Å². The van der Waals surface area contributed by atoms with Gasteiger partial charge >= 0.3 is 0 Å². The van der Waals surface area contributed by atoms with Gasteiger partial charge in [0.15, 0.2) is 0 Å². The Morgan fingerprint density at radius 3 is 2.67 bits per heavy atom. The van der Waals surface area contributed by atoms with Crippen molar-refractivity contribution in [3.8, 4) is 0 Å². The average molecular weight is 405 g/mol. The van der Waals surface area contributed by atoms with Gasteiger partial charge in [-0.15, -0.1) is 10.2 Å². The molecule has 3 rings (SSSR count). The van der Waals surface area contributed by atoms with Crippen LogP contribution in [0.3, 0.4) is 0 Å². The molecule has 2 aromatic carbocycles. The van der Waals surface area contributed by atoms with Crippen molar-refractivity contribution in [3.63, 3.8) is 0 Å². The predicted molar refractivity (Wildman–Crippen MR) is 106 cm³/mol. The molecule has 9 heteroatoms. The highest BCUT2D eigenvalue weighted by atomic mass is 32.2. The van der Waals surface area contributed by atoms with E-state index in [-0.39, 0.29) is 23.8 Å². The summed E-state index contributed by atoms with van der Waals surface area (Å²) >= 11 is 1.33. The fraction of sp³-hybridized carbons (Fsp3) is 0.278. The minimum absolute atomic E-state index is 0.00160. The third kappa shape index (κ3) is 5.09. The van der Waals surface area contributed by atoms with Gasteiger partial charge in [-0.05, 0) is 29.3 Å².